The lowest BCUT2D eigenvalue weighted by Crippen LogP contribution is -2.13. The minimum Gasteiger partial charge on any atom is -0.493 e. The van der Waals surface area contributed by atoms with Crippen molar-refractivity contribution >= 4 is 15.9 Å². The first-order valence-corrected chi connectivity index (χ1v) is 8.41. The maximum Gasteiger partial charge on any atom is 0.161 e. The van der Waals surface area contributed by atoms with E-state index in [0.29, 0.717) is 12.4 Å². The molecule has 2 rings (SSSR count). The summed E-state index contributed by atoms with van der Waals surface area (Å²) in [7, 11) is 3.27. The number of hydrogen-bond acceptors (Lipinski definition) is 4. The second kappa shape index (κ2) is 9.35. The standard InChI is InChI=1S/C19H22BrNO3/c1-4-9-24-16-7-5-14(6-8-16)12-21-13-15-10-18(22-2)19(23-3)11-17(15)20/h4-8,10-11,21H,1,9,12-13H2,2-3H3. The van der Waals surface area contributed by atoms with Crippen LogP contribution in [0.15, 0.2) is 53.5 Å². The highest BCUT2D eigenvalue weighted by Gasteiger charge is 2.09. The third-order valence-corrected chi connectivity index (χ3v) is 4.23. The Kier molecular flexibility index (Phi) is 7.15. The van der Waals surface area contributed by atoms with Gasteiger partial charge < -0.3 is 19.5 Å². The average Bonchev–Trinajstić information content (AvgIpc) is 2.62. The maximum absolute atomic E-state index is 5.48. The predicted molar refractivity (Wildman–Crippen MR) is 99.9 cm³/mol. The highest BCUT2D eigenvalue weighted by molar-refractivity contribution is 9.10. The Labute approximate surface area is 151 Å². The Morgan fingerprint density at radius 2 is 1.71 bits per heavy atom. The first-order valence-electron chi connectivity index (χ1n) is 7.61. The van der Waals surface area contributed by atoms with Gasteiger partial charge in [0.05, 0.1) is 14.2 Å². The Hall–Kier alpha value is -1.98. The number of halogens is 1. The summed E-state index contributed by atoms with van der Waals surface area (Å²) < 4.78 is 17.1. The smallest absolute Gasteiger partial charge is 0.161 e. The summed E-state index contributed by atoms with van der Waals surface area (Å²) in [5, 5.41) is 3.43. The molecule has 0 unspecified atom stereocenters. The van der Waals surface area contributed by atoms with Crippen LogP contribution in [0.25, 0.3) is 0 Å². The van der Waals surface area contributed by atoms with Crippen molar-refractivity contribution < 1.29 is 14.2 Å². The van der Waals surface area contributed by atoms with Crippen LogP contribution in [-0.4, -0.2) is 20.8 Å². The van der Waals surface area contributed by atoms with Crippen LogP contribution in [0.1, 0.15) is 11.1 Å². The summed E-state index contributed by atoms with van der Waals surface area (Å²) in [6, 6.07) is 11.9. The van der Waals surface area contributed by atoms with Crippen LogP contribution in [-0.2, 0) is 13.1 Å². The lowest BCUT2D eigenvalue weighted by Gasteiger charge is -2.13. The van der Waals surface area contributed by atoms with E-state index in [1.807, 2.05) is 24.3 Å². The summed E-state index contributed by atoms with van der Waals surface area (Å²) >= 11 is 3.57. The molecule has 128 valence electrons. The fourth-order valence-corrected chi connectivity index (χ4v) is 2.69. The van der Waals surface area contributed by atoms with Crippen LogP contribution in [0.3, 0.4) is 0 Å². The zero-order valence-electron chi connectivity index (χ0n) is 14.0. The molecule has 0 radical (unpaired) electrons. The van der Waals surface area contributed by atoms with Crippen LogP contribution in [0.4, 0.5) is 0 Å². The van der Waals surface area contributed by atoms with Gasteiger partial charge in [-0.05, 0) is 35.4 Å². The molecule has 0 aliphatic heterocycles. The number of ether oxygens (including phenoxy) is 3. The lowest BCUT2D eigenvalue weighted by atomic mass is 10.2. The quantitative estimate of drug-likeness (QED) is 0.646. The van der Waals surface area contributed by atoms with Crippen LogP contribution in [0.5, 0.6) is 17.2 Å². The average molecular weight is 392 g/mol. The fraction of sp³-hybridized carbons (Fsp3) is 0.263. The van der Waals surface area contributed by atoms with Crippen molar-refractivity contribution in [3.8, 4) is 17.2 Å². The lowest BCUT2D eigenvalue weighted by molar-refractivity contribution is 0.354. The molecule has 0 spiro atoms. The molecule has 0 aliphatic carbocycles. The van der Waals surface area contributed by atoms with Gasteiger partial charge in [0.15, 0.2) is 11.5 Å². The molecule has 0 amide bonds. The Morgan fingerprint density at radius 3 is 2.33 bits per heavy atom. The third kappa shape index (κ3) is 5.01. The SMILES string of the molecule is C=CCOc1ccc(CNCc2cc(OC)c(OC)cc2Br)cc1. The fourth-order valence-electron chi connectivity index (χ4n) is 2.23. The van der Waals surface area contributed by atoms with Crippen molar-refractivity contribution in [1.29, 1.82) is 0 Å². The maximum atomic E-state index is 5.48. The molecule has 0 saturated heterocycles. The topological polar surface area (TPSA) is 39.7 Å². The second-order valence-corrected chi connectivity index (χ2v) is 6.00. The molecule has 24 heavy (non-hydrogen) atoms. The molecule has 0 saturated carbocycles. The van der Waals surface area contributed by atoms with Gasteiger partial charge >= 0.3 is 0 Å². The molecule has 4 nitrogen and oxygen atoms in total. The van der Waals surface area contributed by atoms with Gasteiger partial charge in [0, 0.05) is 17.6 Å². The highest BCUT2D eigenvalue weighted by Crippen LogP contribution is 2.33. The molecule has 5 heteroatoms. The van der Waals surface area contributed by atoms with E-state index in [1.165, 1.54) is 5.56 Å². The van der Waals surface area contributed by atoms with Gasteiger partial charge in [0.25, 0.3) is 0 Å². The van der Waals surface area contributed by atoms with Crippen LogP contribution in [0.2, 0.25) is 0 Å². The zero-order chi connectivity index (χ0) is 17.4. The van der Waals surface area contributed by atoms with E-state index in [-0.39, 0.29) is 0 Å². The van der Waals surface area contributed by atoms with E-state index in [2.05, 4.69) is 40.0 Å². The molecule has 0 atom stereocenters. The van der Waals surface area contributed by atoms with Crippen molar-refractivity contribution in [1.82, 2.24) is 5.32 Å². The first kappa shape index (κ1) is 18.4. The van der Waals surface area contributed by atoms with Crippen LogP contribution < -0.4 is 19.5 Å². The summed E-state index contributed by atoms with van der Waals surface area (Å²) in [6.07, 6.45) is 1.73. The van der Waals surface area contributed by atoms with Crippen molar-refractivity contribution in [2.45, 2.75) is 13.1 Å². The highest BCUT2D eigenvalue weighted by atomic mass is 79.9. The zero-order valence-corrected chi connectivity index (χ0v) is 15.6. The van der Waals surface area contributed by atoms with Crippen molar-refractivity contribution in [2.75, 3.05) is 20.8 Å². The summed E-state index contributed by atoms with van der Waals surface area (Å²) in [6.45, 7) is 5.64. The molecule has 0 bridgehead atoms. The van der Waals surface area contributed by atoms with E-state index in [1.54, 1.807) is 20.3 Å². The minimum absolute atomic E-state index is 0.519. The van der Waals surface area contributed by atoms with E-state index in [4.69, 9.17) is 14.2 Å². The van der Waals surface area contributed by atoms with Gasteiger partial charge in [0.1, 0.15) is 12.4 Å². The molecular formula is C19H22BrNO3. The summed E-state index contributed by atoms with van der Waals surface area (Å²) in [5.41, 5.74) is 2.30. The van der Waals surface area contributed by atoms with Crippen LogP contribution >= 0.6 is 15.9 Å². The van der Waals surface area contributed by atoms with Crippen LogP contribution in [0, 0.1) is 0 Å². The Bertz CT molecular complexity index is 671. The van der Waals surface area contributed by atoms with Gasteiger partial charge in [-0.15, -0.1) is 0 Å². The molecule has 2 aromatic carbocycles. The van der Waals surface area contributed by atoms with Gasteiger partial charge in [-0.2, -0.15) is 0 Å². The molecule has 0 aliphatic rings. The second-order valence-electron chi connectivity index (χ2n) is 5.15. The van der Waals surface area contributed by atoms with Gasteiger partial charge in [-0.1, -0.05) is 40.7 Å². The molecule has 0 aromatic heterocycles. The van der Waals surface area contributed by atoms with Crippen molar-refractivity contribution in [2.24, 2.45) is 0 Å². The predicted octanol–water partition coefficient (Wildman–Crippen LogP) is 4.32. The van der Waals surface area contributed by atoms with Crippen molar-refractivity contribution in [3.05, 3.63) is 64.7 Å². The number of hydrogen-bond donors (Lipinski definition) is 1. The number of nitrogens with one attached hydrogen (secondary N) is 1. The molecule has 0 heterocycles. The summed E-state index contributed by atoms with van der Waals surface area (Å²) in [4.78, 5) is 0. The van der Waals surface area contributed by atoms with E-state index in [0.717, 1.165) is 34.6 Å². The van der Waals surface area contributed by atoms with E-state index < -0.39 is 0 Å². The number of methoxy groups -OCH3 is 2. The van der Waals surface area contributed by atoms with Gasteiger partial charge in [0.2, 0.25) is 0 Å². The van der Waals surface area contributed by atoms with Gasteiger partial charge in [-0.25, -0.2) is 0 Å². The monoisotopic (exact) mass is 391 g/mol. The minimum atomic E-state index is 0.519. The Morgan fingerprint density at radius 1 is 1.04 bits per heavy atom. The molecule has 1 N–H and O–H groups in total. The summed E-state index contributed by atoms with van der Waals surface area (Å²) in [5.74, 6) is 2.28. The third-order valence-electron chi connectivity index (χ3n) is 3.49. The van der Waals surface area contributed by atoms with Gasteiger partial charge in [-0.3, -0.25) is 0 Å². The normalized spacial score (nSPS) is 10.3. The van der Waals surface area contributed by atoms with E-state index >= 15 is 0 Å². The number of benzene rings is 2. The molecule has 2 aromatic rings. The largest absolute Gasteiger partial charge is 0.493 e. The first-order chi connectivity index (χ1) is 11.7. The number of rotatable bonds is 9. The Balaban J connectivity index is 1.93. The van der Waals surface area contributed by atoms with E-state index in [9.17, 15) is 0 Å². The molecular weight excluding hydrogens is 370 g/mol. The molecule has 0 fully saturated rings. The van der Waals surface area contributed by atoms with Crippen molar-refractivity contribution in [3.63, 3.8) is 0 Å².